The fourth-order valence-electron chi connectivity index (χ4n) is 2.52. The number of halogens is 6. The number of aromatic nitrogens is 2. The molecule has 0 atom stereocenters. The van der Waals surface area contributed by atoms with Crippen LogP contribution in [0, 0.1) is 0 Å². The van der Waals surface area contributed by atoms with E-state index in [1.165, 1.54) is 6.07 Å². The predicted octanol–water partition coefficient (Wildman–Crippen LogP) is 7.03. The quantitative estimate of drug-likeness (QED) is 0.242. The number of hydrogen-bond donors (Lipinski definition) is 1. The zero-order chi connectivity index (χ0) is 22.0. The molecule has 0 unspecified atom stereocenters. The number of hydrogen-bond acceptors (Lipinski definition) is 4. The summed E-state index contributed by atoms with van der Waals surface area (Å²) in [6, 6.07) is 3.13. The molecule has 0 aliphatic carbocycles. The topological polar surface area (TPSA) is 69.3 Å². The van der Waals surface area contributed by atoms with Crippen LogP contribution in [0.15, 0.2) is 27.2 Å². The Morgan fingerprint density at radius 3 is 2.40 bits per heavy atom. The van der Waals surface area contributed by atoms with E-state index in [1.807, 2.05) is 6.92 Å². The third-order valence-electron chi connectivity index (χ3n) is 4.03. The first-order chi connectivity index (χ1) is 14.2. The summed E-state index contributed by atoms with van der Waals surface area (Å²) in [7, 11) is 0. The molecule has 6 nitrogen and oxygen atoms in total. The van der Waals surface area contributed by atoms with Gasteiger partial charge in [0.2, 0.25) is 0 Å². The van der Waals surface area contributed by atoms with Crippen molar-refractivity contribution in [3.05, 3.63) is 65.1 Å². The van der Waals surface area contributed by atoms with E-state index in [0.717, 1.165) is 10.2 Å². The van der Waals surface area contributed by atoms with Gasteiger partial charge < -0.3 is 14.5 Å². The van der Waals surface area contributed by atoms with Crippen molar-refractivity contribution in [3.8, 4) is 5.75 Å². The Kier molecular flexibility index (Phi) is 7.87. The van der Waals surface area contributed by atoms with Gasteiger partial charge in [-0.1, -0.05) is 58.0 Å². The van der Waals surface area contributed by atoms with Crippen LogP contribution in [0.1, 0.15) is 28.9 Å². The summed E-state index contributed by atoms with van der Waals surface area (Å²) in [5.41, 5.74) is 0.849. The SMILES string of the molecule is CCn1ncc(Br)c1CNC(=O)c1ccc(COc2c(Cl)c(Cl)c(Cl)c(Cl)c2Cl)o1. The second-order valence-corrected chi connectivity index (χ2v) is 8.64. The van der Waals surface area contributed by atoms with Crippen molar-refractivity contribution in [1.29, 1.82) is 0 Å². The van der Waals surface area contributed by atoms with E-state index in [0.29, 0.717) is 12.3 Å². The molecule has 2 heterocycles. The molecule has 2 aromatic heterocycles. The molecule has 0 fully saturated rings. The monoisotopic (exact) mass is 573 g/mol. The summed E-state index contributed by atoms with van der Waals surface area (Å²) < 4.78 is 13.7. The lowest BCUT2D eigenvalue weighted by molar-refractivity contribution is 0.0918. The summed E-state index contributed by atoms with van der Waals surface area (Å²) in [6.07, 6.45) is 1.68. The fraction of sp³-hybridized carbons (Fsp3) is 0.222. The highest BCUT2D eigenvalue weighted by molar-refractivity contribution is 9.10. The molecule has 3 rings (SSSR count). The Morgan fingerprint density at radius 2 is 1.77 bits per heavy atom. The number of rotatable bonds is 7. The fourth-order valence-corrected chi connectivity index (χ4v) is 4.19. The van der Waals surface area contributed by atoms with Crippen molar-refractivity contribution in [2.24, 2.45) is 0 Å². The number of carbonyl (C=O) groups excluding carboxylic acids is 1. The largest absolute Gasteiger partial charge is 0.482 e. The highest BCUT2D eigenvalue weighted by Crippen LogP contribution is 2.48. The van der Waals surface area contributed by atoms with E-state index in [1.54, 1.807) is 16.9 Å². The first kappa shape index (κ1) is 23.6. The van der Waals surface area contributed by atoms with E-state index in [2.05, 4.69) is 26.3 Å². The van der Waals surface area contributed by atoms with E-state index in [9.17, 15) is 4.79 Å². The maximum Gasteiger partial charge on any atom is 0.287 e. The minimum atomic E-state index is -0.384. The van der Waals surface area contributed by atoms with Crippen LogP contribution in [0.3, 0.4) is 0 Å². The number of carbonyl (C=O) groups is 1. The molecule has 0 aliphatic rings. The Hall–Kier alpha value is -1.09. The van der Waals surface area contributed by atoms with Crippen molar-refractivity contribution in [2.45, 2.75) is 26.6 Å². The first-order valence-electron chi connectivity index (χ1n) is 8.45. The lowest BCUT2D eigenvalue weighted by atomic mass is 10.3. The molecule has 1 N–H and O–H groups in total. The van der Waals surface area contributed by atoms with Crippen LogP contribution >= 0.6 is 73.9 Å². The number of nitrogens with one attached hydrogen (secondary N) is 1. The molecule has 160 valence electrons. The van der Waals surface area contributed by atoms with Gasteiger partial charge in [-0.25, -0.2) is 0 Å². The van der Waals surface area contributed by atoms with Crippen molar-refractivity contribution in [1.82, 2.24) is 15.1 Å². The molecular formula is C18H13BrCl5N3O3. The standard InChI is InChI=1S/C18H13BrCl5N3O3/c1-2-27-10(9(19)5-26-27)6-25-18(28)11-4-3-8(30-11)7-29-17-15(23)13(21)12(20)14(22)16(17)24/h3-5H,2,6-7H2,1H3,(H,25,28). The van der Waals surface area contributed by atoms with Crippen LogP contribution in [0.2, 0.25) is 25.1 Å². The number of aryl methyl sites for hydroxylation is 1. The van der Waals surface area contributed by atoms with Gasteiger partial charge in [-0.3, -0.25) is 9.48 Å². The summed E-state index contributed by atoms with van der Waals surface area (Å²) >= 11 is 33.7. The van der Waals surface area contributed by atoms with Crippen molar-refractivity contribution < 1.29 is 13.9 Å². The van der Waals surface area contributed by atoms with Gasteiger partial charge in [-0.15, -0.1) is 0 Å². The molecule has 3 aromatic rings. The van der Waals surface area contributed by atoms with Crippen molar-refractivity contribution in [3.63, 3.8) is 0 Å². The minimum Gasteiger partial charge on any atom is -0.482 e. The van der Waals surface area contributed by atoms with Gasteiger partial charge in [0, 0.05) is 6.54 Å². The third kappa shape index (κ3) is 4.87. The Labute approximate surface area is 205 Å². The van der Waals surface area contributed by atoms with Gasteiger partial charge in [0.25, 0.3) is 5.91 Å². The maximum absolute atomic E-state index is 12.4. The van der Waals surface area contributed by atoms with Gasteiger partial charge in [-0.05, 0) is 35.0 Å². The molecular weight excluding hydrogens is 563 g/mol. The van der Waals surface area contributed by atoms with Crippen LogP contribution in [0.25, 0.3) is 0 Å². The van der Waals surface area contributed by atoms with E-state index in [4.69, 9.17) is 67.2 Å². The molecule has 0 radical (unpaired) electrons. The number of amides is 1. The molecule has 12 heteroatoms. The summed E-state index contributed by atoms with van der Waals surface area (Å²) in [6.45, 7) is 2.87. The predicted molar refractivity (Wildman–Crippen MR) is 121 cm³/mol. The Bertz CT molecular complexity index is 1070. The molecule has 0 saturated carbocycles. The van der Waals surface area contributed by atoms with Gasteiger partial charge in [0.1, 0.15) is 22.4 Å². The van der Waals surface area contributed by atoms with Crippen LogP contribution in [-0.2, 0) is 19.7 Å². The zero-order valence-corrected chi connectivity index (χ0v) is 20.6. The van der Waals surface area contributed by atoms with Gasteiger partial charge in [0.05, 0.1) is 38.0 Å². The summed E-state index contributed by atoms with van der Waals surface area (Å²) in [5, 5.41) is 7.14. The van der Waals surface area contributed by atoms with Gasteiger partial charge in [0.15, 0.2) is 11.5 Å². The maximum atomic E-state index is 12.4. The van der Waals surface area contributed by atoms with Crippen molar-refractivity contribution in [2.75, 3.05) is 0 Å². The highest BCUT2D eigenvalue weighted by Gasteiger charge is 2.21. The minimum absolute atomic E-state index is 0.0266. The number of benzene rings is 1. The molecule has 0 bridgehead atoms. The Balaban J connectivity index is 1.66. The first-order valence-corrected chi connectivity index (χ1v) is 11.1. The molecule has 0 saturated heterocycles. The molecule has 0 spiro atoms. The van der Waals surface area contributed by atoms with Gasteiger partial charge in [-0.2, -0.15) is 5.10 Å². The van der Waals surface area contributed by atoms with Crippen LogP contribution in [-0.4, -0.2) is 15.7 Å². The van der Waals surface area contributed by atoms with Crippen molar-refractivity contribution >= 4 is 79.8 Å². The van der Waals surface area contributed by atoms with Crippen LogP contribution in [0.5, 0.6) is 5.75 Å². The highest BCUT2D eigenvalue weighted by atomic mass is 79.9. The number of nitrogens with zero attached hydrogens (tertiary/aromatic N) is 2. The third-order valence-corrected chi connectivity index (χ3v) is 6.93. The van der Waals surface area contributed by atoms with E-state index in [-0.39, 0.29) is 55.7 Å². The summed E-state index contributed by atoms with van der Waals surface area (Å²) in [4.78, 5) is 12.4. The lowest BCUT2D eigenvalue weighted by Gasteiger charge is -2.12. The number of ether oxygens (including phenoxy) is 1. The average molecular weight is 576 g/mol. The second kappa shape index (κ2) is 10.0. The smallest absolute Gasteiger partial charge is 0.287 e. The Morgan fingerprint density at radius 1 is 1.13 bits per heavy atom. The van der Waals surface area contributed by atoms with Crippen LogP contribution in [0.4, 0.5) is 0 Å². The molecule has 0 aliphatic heterocycles. The second-order valence-electron chi connectivity index (χ2n) is 5.89. The normalized spacial score (nSPS) is 11.0. The van der Waals surface area contributed by atoms with E-state index < -0.39 is 0 Å². The zero-order valence-electron chi connectivity index (χ0n) is 15.2. The molecule has 30 heavy (non-hydrogen) atoms. The van der Waals surface area contributed by atoms with Gasteiger partial charge >= 0.3 is 0 Å². The van der Waals surface area contributed by atoms with Crippen LogP contribution < -0.4 is 10.1 Å². The number of furan rings is 1. The lowest BCUT2D eigenvalue weighted by Crippen LogP contribution is -2.24. The summed E-state index contributed by atoms with van der Waals surface area (Å²) in [5.74, 6) is 0.175. The van der Waals surface area contributed by atoms with E-state index >= 15 is 0 Å². The molecule has 1 aromatic carbocycles. The average Bonchev–Trinajstić information content (AvgIpc) is 3.35. The molecule has 1 amide bonds.